The number of nitrogens with one attached hydrogen (secondary N) is 1. The Labute approximate surface area is 155 Å². The van der Waals surface area contributed by atoms with Crippen LogP contribution in [-0.4, -0.2) is 28.4 Å². The van der Waals surface area contributed by atoms with E-state index < -0.39 is 11.7 Å². The fraction of sp³-hybridized carbons (Fsp3) is 0.353. The topological polar surface area (TPSA) is 62.3 Å². The van der Waals surface area contributed by atoms with E-state index in [1.807, 2.05) is 20.8 Å². The number of hydrogen-bond donors (Lipinski definition) is 1. The maximum absolute atomic E-state index is 13.4. The van der Waals surface area contributed by atoms with Crippen LogP contribution in [0.25, 0.3) is 10.6 Å². The molecule has 0 bridgehead atoms. The normalized spacial score (nSPS) is 9.84. The molecule has 8 heteroatoms. The third-order valence-corrected chi connectivity index (χ3v) is 4.17. The van der Waals surface area contributed by atoms with Gasteiger partial charge in [0.15, 0.2) is 0 Å². The van der Waals surface area contributed by atoms with Gasteiger partial charge in [-0.05, 0) is 24.6 Å². The molecule has 5 nitrogen and oxygen atoms in total. The highest BCUT2D eigenvalue weighted by Gasteiger charge is 2.16. The number of hydrogen-bond acceptors (Lipinski definition) is 4. The number of thiazole rings is 1. The maximum atomic E-state index is 13.4. The average Bonchev–Trinajstić information content (AvgIpc) is 3.05. The van der Waals surface area contributed by atoms with Crippen LogP contribution in [0.3, 0.4) is 0 Å². The third-order valence-electron chi connectivity index (χ3n) is 2.90. The molecule has 0 aliphatic carbocycles. The van der Waals surface area contributed by atoms with Gasteiger partial charge in [-0.25, -0.2) is 9.37 Å². The fourth-order valence-electron chi connectivity index (χ4n) is 1.88. The van der Waals surface area contributed by atoms with Gasteiger partial charge in [-0.1, -0.05) is 32.4 Å². The van der Waals surface area contributed by atoms with Gasteiger partial charge in [0, 0.05) is 24.1 Å². The van der Waals surface area contributed by atoms with Crippen LogP contribution in [-0.2, 0) is 4.79 Å². The zero-order valence-electron chi connectivity index (χ0n) is 14.6. The van der Waals surface area contributed by atoms with Gasteiger partial charge in [-0.2, -0.15) is 0 Å². The lowest BCUT2D eigenvalue weighted by Crippen LogP contribution is -2.45. The van der Waals surface area contributed by atoms with E-state index in [-0.39, 0.29) is 10.9 Å². The zero-order chi connectivity index (χ0) is 19.0. The van der Waals surface area contributed by atoms with Crippen molar-refractivity contribution in [1.82, 2.24) is 15.4 Å². The van der Waals surface area contributed by atoms with E-state index in [4.69, 9.17) is 11.6 Å². The van der Waals surface area contributed by atoms with Crippen LogP contribution >= 0.6 is 22.9 Å². The molecule has 0 saturated heterocycles. The van der Waals surface area contributed by atoms with E-state index in [1.54, 1.807) is 6.07 Å². The molecule has 25 heavy (non-hydrogen) atoms. The van der Waals surface area contributed by atoms with Crippen LogP contribution in [0.1, 0.15) is 43.8 Å². The van der Waals surface area contributed by atoms with Gasteiger partial charge in [-0.15, -0.1) is 11.3 Å². The van der Waals surface area contributed by atoms with Gasteiger partial charge in [0.25, 0.3) is 5.91 Å². The van der Waals surface area contributed by atoms with Crippen LogP contribution in [0.15, 0.2) is 24.4 Å². The van der Waals surface area contributed by atoms with Gasteiger partial charge in [0.2, 0.25) is 5.91 Å². The molecule has 2 rings (SSSR count). The van der Waals surface area contributed by atoms with Crippen LogP contribution < -0.4 is 5.43 Å². The second-order valence-electron chi connectivity index (χ2n) is 4.80. The predicted molar refractivity (Wildman–Crippen MR) is 99.0 cm³/mol. The molecule has 0 radical (unpaired) electrons. The highest BCUT2D eigenvalue weighted by molar-refractivity contribution is 7.16. The minimum Gasteiger partial charge on any atom is -0.273 e. The Bertz CT molecular complexity index is 716. The number of aromatic nitrogens is 1. The van der Waals surface area contributed by atoms with Crippen molar-refractivity contribution in [1.29, 1.82) is 0 Å². The van der Waals surface area contributed by atoms with Crippen molar-refractivity contribution in [3.63, 3.8) is 0 Å². The summed E-state index contributed by atoms with van der Waals surface area (Å²) in [4.78, 5) is 28.1. The van der Waals surface area contributed by atoms with Gasteiger partial charge in [0.1, 0.15) is 15.7 Å². The summed E-state index contributed by atoms with van der Waals surface area (Å²) in [6.45, 7) is 7.70. The zero-order valence-corrected chi connectivity index (χ0v) is 16.2. The number of hydrazine groups is 1. The quantitative estimate of drug-likeness (QED) is 0.786. The first-order valence-corrected chi connectivity index (χ1v) is 9.11. The summed E-state index contributed by atoms with van der Waals surface area (Å²) in [5.41, 5.74) is 3.03. The molecule has 0 spiro atoms. The van der Waals surface area contributed by atoms with E-state index in [0.29, 0.717) is 22.0 Å². The summed E-state index contributed by atoms with van der Waals surface area (Å²) >= 11 is 6.92. The van der Waals surface area contributed by atoms with Crippen molar-refractivity contribution in [3.05, 3.63) is 40.1 Å². The third kappa shape index (κ3) is 6.10. The number of rotatable bonds is 4. The minimum absolute atomic E-state index is 0.248. The first-order valence-electron chi connectivity index (χ1n) is 7.92. The molecule has 2 aromatic rings. The summed E-state index contributed by atoms with van der Waals surface area (Å²) in [6, 6.07) is 4.07. The first kappa shape index (κ1) is 21.1. The molecule has 0 aliphatic rings. The number of amides is 2. The van der Waals surface area contributed by atoms with Crippen molar-refractivity contribution in [3.8, 4) is 10.6 Å². The van der Waals surface area contributed by atoms with E-state index in [2.05, 4.69) is 10.4 Å². The summed E-state index contributed by atoms with van der Waals surface area (Å²) < 4.78 is 13.4. The number of nitrogens with zero attached hydrogens (tertiary/aromatic N) is 2. The highest BCUT2D eigenvalue weighted by Crippen LogP contribution is 2.28. The highest BCUT2D eigenvalue weighted by atomic mass is 35.5. The Balaban J connectivity index is 0.00000151. The number of halogens is 2. The molecule has 1 aromatic heterocycles. The van der Waals surface area contributed by atoms with Crippen molar-refractivity contribution < 1.29 is 14.0 Å². The van der Waals surface area contributed by atoms with Gasteiger partial charge in [0.05, 0.1) is 6.20 Å². The van der Waals surface area contributed by atoms with Crippen molar-refractivity contribution in [2.75, 3.05) is 6.54 Å². The Morgan fingerprint density at radius 1 is 1.32 bits per heavy atom. The lowest BCUT2D eigenvalue weighted by Gasteiger charge is -2.20. The van der Waals surface area contributed by atoms with Crippen LogP contribution in [0, 0.1) is 5.82 Å². The molecule has 0 aliphatic heterocycles. The minimum atomic E-state index is -0.473. The number of carbonyl (C=O) groups is 2. The average molecular weight is 386 g/mol. The standard InChI is InChI=1S/C15H15ClFN3O2S.C2H6/c1-3-4-20(9(2)21)19-14(22)13-8-18-15(23-13)10-5-11(16)7-12(17)6-10;1-2/h5-8H,3-4H2,1-2H3,(H,19,22);1-2H3. The van der Waals surface area contributed by atoms with E-state index in [0.717, 1.165) is 17.8 Å². The molecule has 1 heterocycles. The molecule has 1 aromatic carbocycles. The molecule has 0 fully saturated rings. The van der Waals surface area contributed by atoms with Crippen molar-refractivity contribution in [2.24, 2.45) is 0 Å². The molecular formula is C17H21ClFN3O2S. The second kappa shape index (κ2) is 10.1. The van der Waals surface area contributed by atoms with E-state index in [1.165, 1.54) is 30.3 Å². The van der Waals surface area contributed by atoms with Gasteiger partial charge >= 0.3 is 0 Å². The van der Waals surface area contributed by atoms with Crippen LogP contribution in [0.4, 0.5) is 4.39 Å². The molecule has 0 unspecified atom stereocenters. The second-order valence-corrected chi connectivity index (χ2v) is 6.27. The monoisotopic (exact) mass is 385 g/mol. The predicted octanol–water partition coefficient (Wildman–Crippen LogP) is 4.53. The number of carbonyl (C=O) groups excluding carboxylic acids is 2. The Hall–Kier alpha value is -1.99. The van der Waals surface area contributed by atoms with Gasteiger partial charge < -0.3 is 0 Å². The Kier molecular flexibility index (Phi) is 8.51. The lowest BCUT2D eigenvalue weighted by atomic mass is 10.2. The number of benzene rings is 1. The van der Waals surface area contributed by atoms with E-state index >= 15 is 0 Å². The summed E-state index contributed by atoms with van der Waals surface area (Å²) in [6.07, 6.45) is 2.11. The van der Waals surface area contributed by atoms with Gasteiger partial charge in [-0.3, -0.25) is 20.0 Å². The molecule has 0 atom stereocenters. The van der Waals surface area contributed by atoms with E-state index in [9.17, 15) is 14.0 Å². The van der Waals surface area contributed by atoms with Crippen molar-refractivity contribution in [2.45, 2.75) is 34.1 Å². The molecule has 1 N–H and O–H groups in total. The first-order chi connectivity index (χ1) is 11.9. The molecule has 0 saturated carbocycles. The molecule has 136 valence electrons. The fourth-order valence-corrected chi connectivity index (χ4v) is 2.90. The molecule has 2 amide bonds. The summed E-state index contributed by atoms with van der Waals surface area (Å²) in [7, 11) is 0. The maximum Gasteiger partial charge on any atom is 0.281 e. The Morgan fingerprint density at radius 3 is 2.56 bits per heavy atom. The van der Waals surface area contributed by atoms with Crippen molar-refractivity contribution >= 4 is 34.8 Å². The summed E-state index contributed by atoms with van der Waals surface area (Å²) in [5, 5.41) is 1.98. The smallest absolute Gasteiger partial charge is 0.273 e. The largest absolute Gasteiger partial charge is 0.281 e. The Morgan fingerprint density at radius 2 is 2.00 bits per heavy atom. The van der Waals surface area contributed by atoms with Crippen LogP contribution in [0.5, 0.6) is 0 Å². The molecular weight excluding hydrogens is 365 g/mol. The SMILES string of the molecule is CC.CCCN(NC(=O)c1cnc(-c2cc(F)cc(Cl)c2)s1)C(C)=O. The summed E-state index contributed by atoms with van der Waals surface area (Å²) in [5.74, 6) is -1.15. The lowest BCUT2D eigenvalue weighted by molar-refractivity contribution is -0.131. The van der Waals surface area contributed by atoms with Crippen LogP contribution in [0.2, 0.25) is 5.02 Å².